The highest BCUT2D eigenvalue weighted by atomic mass is 79.9. The second-order valence-electron chi connectivity index (χ2n) is 2.56. The summed E-state index contributed by atoms with van der Waals surface area (Å²) in [7, 11) is 0. The molecule has 0 unspecified atom stereocenters. The first-order chi connectivity index (χ1) is 5.88. The Labute approximate surface area is 81.3 Å². The predicted octanol–water partition coefficient (Wildman–Crippen LogP) is 3.26. The lowest BCUT2D eigenvalue weighted by Crippen LogP contribution is -2.11. The highest BCUT2D eigenvalue weighted by Crippen LogP contribution is 2.28. The molecule has 13 heavy (non-hydrogen) atoms. The van der Waals surface area contributed by atoms with Crippen LogP contribution in [0.3, 0.4) is 0 Å². The molecule has 0 saturated heterocycles. The standard InChI is InChI=1S/C8H6BrF3O/c9-6-2-1-5(7(13)3-6)4-8(10,11)12/h1-3,13H,4H2. The highest BCUT2D eigenvalue weighted by molar-refractivity contribution is 9.10. The van der Waals surface area contributed by atoms with Gasteiger partial charge in [-0.1, -0.05) is 22.0 Å². The van der Waals surface area contributed by atoms with Gasteiger partial charge in [-0.05, 0) is 12.1 Å². The molecule has 1 nitrogen and oxygen atoms in total. The van der Waals surface area contributed by atoms with Crippen molar-refractivity contribution in [3.05, 3.63) is 28.2 Å². The van der Waals surface area contributed by atoms with Crippen LogP contribution < -0.4 is 0 Å². The first-order valence-electron chi connectivity index (χ1n) is 3.42. The van der Waals surface area contributed by atoms with Gasteiger partial charge in [0.25, 0.3) is 0 Å². The molecule has 0 aliphatic rings. The van der Waals surface area contributed by atoms with Crippen LogP contribution in [0.5, 0.6) is 5.75 Å². The highest BCUT2D eigenvalue weighted by Gasteiger charge is 2.28. The van der Waals surface area contributed by atoms with E-state index >= 15 is 0 Å². The Kier molecular flexibility index (Phi) is 2.85. The number of halogens is 4. The minimum atomic E-state index is -4.29. The summed E-state index contributed by atoms with van der Waals surface area (Å²) < 4.78 is 36.2. The van der Waals surface area contributed by atoms with Crippen molar-refractivity contribution in [3.8, 4) is 5.75 Å². The zero-order valence-corrected chi connectivity index (χ0v) is 7.98. The van der Waals surface area contributed by atoms with E-state index in [9.17, 15) is 13.2 Å². The second-order valence-corrected chi connectivity index (χ2v) is 3.48. The quantitative estimate of drug-likeness (QED) is 0.816. The lowest BCUT2D eigenvalue weighted by atomic mass is 10.1. The summed E-state index contributed by atoms with van der Waals surface area (Å²) in [6.45, 7) is 0. The maximum absolute atomic E-state index is 11.9. The van der Waals surface area contributed by atoms with Crippen molar-refractivity contribution in [1.29, 1.82) is 0 Å². The van der Waals surface area contributed by atoms with Crippen molar-refractivity contribution in [2.75, 3.05) is 0 Å². The Morgan fingerprint density at radius 1 is 1.31 bits per heavy atom. The van der Waals surface area contributed by atoms with Crippen LogP contribution >= 0.6 is 15.9 Å². The van der Waals surface area contributed by atoms with Crippen LogP contribution in [0.1, 0.15) is 5.56 Å². The number of phenolic OH excluding ortho intramolecular Hbond substituents is 1. The van der Waals surface area contributed by atoms with Gasteiger partial charge in [-0.3, -0.25) is 0 Å². The summed E-state index contributed by atoms with van der Waals surface area (Å²) >= 11 is 3.03. The fourth-order valence-electron chi connectivity index (χ4n) is 0.902. The summed E-state index contributed by atoms with van der Waals surface area (Å²) in [5, 5.41) is 9.12. The number of rotatable bonds is 1. The van der Waals surface area contributed by atoms with Crippen LogP contribution in [0.2, 0.25) is 0 Å². The topological polar surface area (TPSA) is 20.2 Å². The summed E-state index contributed by atoms with van der Waals surface area (Å²) in [6.07, 6.45) is -5.39. The van der Waals surface area contributed by atoms with Gasteiger partial charge in [0.2, 0.25) is 0 Å². The molecule has 1 N–H and O–H groups in total. The van der Waals surface area contributed by atoms with E-state index in [1.807, 2.05) is 0 Å². The molecule has 0 aliphatic carbocycles. The summed E-state index contributed by atoms with van der Waals surface area (Å²) in [6, 6.07) is 3.94. The Hall–Kier alpha value is -0.710. The van der Waals surface area contributed by atoms with Crippen LogP contribution in [0.15, 0.2) is 22.7 Å². The Morgan fingerprint density at radius 3 is 2.38 bits per heavy atom. The second kappa shape index (κ2) is 3.57. The molecule has 0 saturated carbocycles. The van der Waals surface area contributed by atoms with E-state index in [1.54, 1.807) is 0 Å². The van der Waals surface area contributed by atoms with E-state index in [-0.39, 0.29) is 11.3 Å². The van der Waals surface area contributed by atoms with Gasteiger partial charge in [-0.15, -0.1) is 0 Å². The molecule has 5 heteroatoms. The van der Waals surface area contributed by atoms with Gasteiger partial charge in [0.15, 0.2) is 0 Å². The fourth-order valence-corrected chi connectivity index (χ4v) is 1.25. The van der Waals surface area contributed by atoms with Crippen LogP contribution in [0.25, 0.3) is 0 Å². The van der Waals surface area contributed by atoms with Gasteiger partial charge < -0.3 is 5.11 Å². The van der Waals surface area contributed by atoms with Crippen LogP contribution in [-0.2, 0) is 6.42 Å². The number of benzene rings is 1. The van der Waals surface area contributed by atoms with Crippen molar-refractivity contribution >= 4 is 15.9 Å². The predicted molar refractivity (Wildman–Crippen MR) is 45.6 cm³/mol. The minimum Gasteiger partial charge on any atom is -0.508 e. The van der Waals surface area contributed by atoms with Crippen LogP contribution in [0, 0.1) is 0 Å². The average molecular weight is 255 g/mol. The van der Waals surface area contributed by atoms with Crippen molar-refractivity contribution in [2.45, 2.75) is 12.6 Å². The van der Waals surface area contributed by atoms with E-state index in [4.69, 9.17) is 5.11 Å². The maximum Gasteiger partial charge on any atom is 0.393 e. The number of alkyl halides is 3. The lowest BCUT2D eigenvalue weighted by molar-refractivity contribution is -0.127. The summed E-state index contributed by atoms with van der Waals surface area (Å²) in [5.41, 5.74) is -0.115. The molecule has 72 valence electrons. The molecule has 0 spiro atoms. The summed E-state index contributed by atoms with van der Waals surface area (Å²) in [5.74, 6) is -0.341. The molecule has 0 atom stereocenters. The monoisotopic (exact) mass is 254 g/mol. The van der Waals surface area contributed by atoms with E-state index in [2.05, 4.69) is 15.9 Å². The largest absolute Gasteiger partial charge is 0.508 e. The van der Waals surface area contributed by atoms with Gasteiger partial charge in [0, 0.05) is 10.0 Å². The molecular formula is C8H6BrF3O. The molecule has 0 radical (unpaired) electrons. The van der Waals surface area contributed by atoms with Gasteiger partial charge in [0.05, 0.1) is 6.42 Å². The number of aromatic hydroxyl groups is 1. The Bertz CT molecular complexity index is 309. The van der Waals surface area contributed by atoms with Gasteiger partial charge in [0.1, 0.15) is 5.75 Å². The van der Waals surface area contributed by atoms with E-state index in [0.29, 0.717) is 4.47 Å². The van der Waals surface area contributed by atoms with E-state index in [1.165, 1.54) is 18.2 Å². The van der Waals surface area contributed by atoms with Crippen molar-refractivity contribution < 1.29 is 18.3 Å². The number of phenols is 1. The first-order valence-corrected chi connectivity index (χ1v) is 4.22. The van der Waals surface area contributed by atoms with Gasteiger partial charge in [-0.25, -0.2) is 0 Å². The molecule has 0 fully saturated rings. The van der Waals surface area contributed by atoms with Crippen molar-refractivity contribution in [2.24, 2.45) is 0 Å². The maximum atomic E-state index is 11.9. The zero-order valence-electron chi connectivity index (χ0n) is 6.40. The lowest BCUT2D eigenvalue weighted by Gasteiger charge is -2.07. The van der Waals surface area contributed by atoms with Crippen LogP contribution in [-0.4, -0.2) is 11.3 Å². The first kappa shape index (κ1) is 10.4. The molecule has 0 aliphatic heterocycles. The van der Waals surface area contributed by atoms with Gasteiger partial charge in [-0.2, -0.15) is 13.2 Å². The fraction of sp³-hybridized carbons (Fsp3) is 0.250. The van der Waals surface area contributed by atoms with E-state index in [0.717, 1.165) is 0 Å². The SMILES string of the molecule is Oc1cc(Br)ccc1CC(F)(F)F. The summed E-state index contributed by atoms with van der Waals surface area (Å²) in [4.78, 5) is 0. The molecule has 0 heterocycles. The van der Waals surface area contributed by atoms with Crippen LogP contribution in [0.4, 0.5) is 13.2 Å². The molecule has 0 aromatic heterocycles. The molecular weight excluding hydrogens is 249 g/mol. The zero-order chi connectivity index (χ0) is 10.1. The number of hydrogen-bond donors (Lipinski definition) is 1. The van der Waals surface area contributed by atoms with Gasteiger partial charge >= 0.3 is 6.18 Å². The molecule has 1 aromatic rings. The minimum absolute atomic E-state index is 0.115. The number of hydrogen-bond acceptors (Lipinski definition) is 1. The van der Waals surface area contributed by atoms with E-state index < -0.39 is 12.6 Å². The van der Waals surface area contributed by atoms with Crippen molar-refractivity contribution in [3.63, 3.8) is 0 Å². The Morgan fingerprint density at radius 2 is 1.92 bits per heavy atom. The third-order valence-corrected chi connectivity index (χ3v) is 1.93. The average Bonchev–Trinajstić information content (AvgIpc) is 1.93. The molecule has 0 bridgehead atoms. The van der Waals surface area contributed by atoms with Crippen molar-refractivity contribution in [1.82, 2.24) is 0 Å². The molecule has 0 amide bonds. The molecule has 1 rings (SSSR count). The third kappa shape index (κ3) is 3.26. The molecule has 1 aromatic carbocycles. The normalized spacial score (nSPS) is 11.7. The third-order valence-electron chi connectivity index (χ3n) is 1.44. The smallest absolute Gasteiger partial charge is 0.393 e. The Balaban J connectivity index is 2.90.